The van der Waals surface area contributed by atoms with Crippen molar-refractivity contribution < 1.29 is 9.59 Å². The van der Waals surface area contributed by atoms with Gasteiger partial charge in [-0.15, -0.1) is 0 Å². The highest BCUT2D eigenvalue weighted by Crippen LogP contribution is 2.30. The summed E-state index contributed by atoms with van der Waals surface area (Å²) in [6.45, 7) is 4.41. The second-order valence-electron chi connectivity index (χ2n) is 5.49. The SMILES string of the molecule is CC[C@@H](C)C(=O)NCc1cccc(NC(=O)C2CC2)c1. The summed E-state index contributed by atoms with van der Waals surface area (Å²) in [5.41, 5.74) is 1.80. The molecule has 4 nitrogen and oxygen atoms in total. The predicted octanol–water partition coefficient (Wildman–Crippen LogP) is 2.70. The first kappa shape index (κ1) is 14.6. The van der Waals surface area contributed by atoms with Gasteiger partial charge in [0.05, 0.1) is 0 Å². The van der Waals surface area contributed by atoms with Crippen LogP contribution in [0.3, 0.4) is 0 Å². The molecule has 1 aromatic carbocycles. The molecule has 0 bridgehead atoms. The molecule has 0 heterocycles. The van der Waals surface area contributed by atoms with Crippen LogP contribution in [0.2, 0.25) is 0 Å². The number of hydrogen-bond donors (Lipinski definition) is 2. The maximum atomic E-state index is 11.7. The molecule has 2 rings (SSSR count). The van der Waals surface area contributed by atoms with Crippen LogP contribution in [0.15, 0.2) is 24.3 Å². The highest BCUT2D eigenvalue weighted by atomic mass is 16.2. The van der Waals surface area contributed by atoms with Crippen molar-refractivity contribution in [2.24, 2.45) is 11.8 Å². The minimum Gasteiger partial charge on any atom is -0.352 e. The normalized spacial score (nSPS) is 15.5. The van der Waals surface area contributed by atoms with Gasteiger partial charge in [0.2, 0.25) is 11.8 Å². The molecule has 20 heavy (non-hydrogen) atoms. The molecule has 1 aromatic rings. The van der Waals surface area contributed by atoms with Crippen molar-refractivity contribution in [1.29, 1.82) is 0 Å². The van der Waals surface area contributed by atoms with E-state index < -0.39 is 0 Å². The molecule has 0 aliphatic heterocycles. The lowest BCUT2D eigenvalue weighted by molar-refractivity contribution is -0.124. The summed E-state index contributed by atoms with van der Waals surface area (Å²) in [6.07, 6.45) is 2.83. The van der Waals surface area contributed by atoms with E-state index in [1.807, 2.05) is 38.1 Å². The van der Waals surface area contributed by atoms with Crippen LogP contribution >= 0.6 is 0 Å². The average Bonchev–Trinajstić information content (AvgIpc) is 3.28. The van der Waals surface area contributed by atoms with E-state index in [-0.39, 0.29) is 23.7 Å². The van der Waals surface area contributed by atoms with E-state index in [0.29, 0.717) is 6.54 Å². The van der Waals surface area contributed by atoms with Gasteiger partial charge in [0, 0.05) is 24.1 Å². The summed E-state index contributed by atoms with van der Waals surface area (Å²) in [5.74, 6) is 0.405. The smallest absolute Gasteiger partial charge is 0.227 e. The average molecular weight is 274 g/mol. The van der Waals surface area contributed by atoms with E-state index in [2.05, 4.69) is 10.6 Å². The molecular formula is C16H22N2O2. The van der Waals surface area contributed by atoms with Crippen molar-refractivity contribution >= 4 is 17.5 Å². The van der Waals surface area contributed by atoms with Crippen molar-refractivity contribution in [2.75, 3.05) is 5.32 Å². The number of benzene rings is 1. The number of carbonyl (C=O) groups excluding carboxylic acids is 2. The molecule has 0 radical (unpaired) electrons. The molecule has 108 valence electrons. The zero-order chi connectivity index (χ0) is 14.5. The standard InChI is InChI=1S/C16H22N2O2/c1-3-11(2)15(19)17-10-12-5-4-6-14(9-12)18-16(20)13-7-8-13/h4-6,9,11,13H,3,7-8,10H2,1-2H3,(H,17,19)(H,18,20)/t11-/m1/s1. The van der Waals surface area contributed by atoms with Crippen molar-refractivity contribution in [3.8, 4) is 0 Å². The Labute approximate surface area is 119 Å². The van der Waals surface area contributed by atoms with Gasteiger partial charge in [-0.2, -0.15) is 0 Å². The van der Waals surface area contributed by atoms with Crippen molar-refractivity contribution in [3.63, 3.8) is 0 Å². The van der Waals surface area contributed by atoms with E-state index in [4.69, 9.17) is 0 Å². The molecule has 1 fully saturated rings. The largest absolute Gasteiger partial charge is 0.352 e. The third-order valence-electron chi connectivity index (χ3n) is 3.67. The third kappa shape index (κ3) is 4.08. The van der Waals surface area contributed by atoms with Crippen LogP contribution in [0.4, 0.5) is 5.69 Å². The molecule has 1 atom stereocenters. The fraction of sp³-hybridized carbons (Fsp3) is 0.500. The lowest BCUT2D eigenvalue weighted by Gasteiger charge is -2.11. The Morgan fingerprint density at radius 1 is 1.35 bits per heavy atom. The van der Waals surface area contributed by atoms with E-state index in [9.17, 15) is 9.59 Å². The fourth-order valence-corrected chi connectivity index (χ4v) is 1.90. The van der Waals surface area contributed by atoms with E-state index in [1.165, 1.54) is 0 Å². The molecule has 1 aliphatic rings. The molecule has 0 saturated heterocycles. The van der Waals surface area contributed by atoms with Crippen molar-refractivity contribution in [2.45, 2.75) is 39.7 Å². The highest BCUT2D eigenvalue weighted by molar-refractivity contribution is 5.94. The van der Waals surface area contributed by atoms with E-state index in [1.54, 1.807) is 0 Å². The first-order valence-corrected chi connectivity index (χ1v) is 7.27. The Balaban J connectivity index is 1.88. The van der Waals surface area contributed by atoms with Crippen LogP contribution < -0.4 is 10.6 Å². The van der Waals surface area contributed by atoms with Crippen LogP contribution in [-0.2, 0) is 16.1 Å². The summed E-state index contributed by atoms with van der Waals surface area (Å²) in [4.78, 5) is 23.4. The maximum absolute atomic E-state index is 11.7. The van der Waals surface area contributed by atoms with Gasteiger partial charge < -0.3 is 10.6 Å². The Kier molecular flexibility index (Phi) is 4.77. The predicted molar refractivity (Wildman–Crippen MR) is 79.1 cm³/mol. The summed E-state index contributed by atoms with van der Waals surface area (Å²) in [5, 5.41) is 5.83. The highest BCUT2D eigenvalue weighted by Gasteiger charge is 2.29. The minimum atomic E-state index is 0.0350. The summed E-state index contributed by atoms with van der Waals surface area (Å²) in [6, 6.07) is 7.63. The third-order valence-corrected chi connectivity index (χ3v) is 3.67. The number of amides is 2. The monoisotopic (exact) mass is 274 g/mol. The molecule has 0 spiro atoms. The lowest BCUT2D eigenvalue weighted by atomic mass is 10.1. The van der Waals surface area contributed by atoms with Gasteiger partial charge in [-0.25, -0.2) is 0 Å². The van der Waals surface area contributed by atoms with E-state index in [0.717, 1.165) is 30.5 Å². The topological polar surface area (TPSA) is 58.2 Å². The zero-order valence-electron chi connectivity index (χ0n) is 12.1. The van der Waals surface area contributed by atoms with Gasteiger partial charge in [0.1, 0.15) is 0 Å². The van der Waals surface area contributed by atoms with Crippen LogP contribution in [0.25, 0.3) is 0 Å². The number of carbonyl (C=O) groups is 2. The van der Waals surface area contributed by atoms with Gasteiger partial charge >= 0.3 is 0 Å². The molecule has 2 amide bonds. The molecular weight excluding hydrogens is 252 g/mol. The van der Waals surface area contributed by atoms with Crippen LogP contribution in [-0.4, -0.2) is 11.8 Å². The number of hydrogen-bond acceptors (Lipinski definition) is 2. The van der Waals surface area contributed by atoms with E-state index >= 15 is 0 Å². The number of rotatable bonds is 6. The Hall–Kier alpha value is -1.84. The quantitative estimate of drug-likeness (QED) is 0.838. The van der Waals surface area contributed by atoms with Crippen molar-refractivity contribution in [3.05, 3.63) is 29.8 Å². The lowest BCUT2D eigenvalue weighted by Crippen LogP contribution is -2.28. The van der Waals surface area contributed by atoms with Crippen LogP contribution in [0.5, 0.6) is 0 Å². The summed E-state index contributed by atoms with van der Waals surface area (Å²) >= 11 is 0. The Morgan fingerprint density at radius 2 is 2.10 bits per heavy atom. The maximum Gasteiger partial charge on any atom is 0.227 e. The summed E-state index contributed by atoms with van der Waals surface area (Å²) in [7, 11) is 0. The summed E-state index contributed by atoms with van der Waals surface area (Å²) < 4.78 is 0. The van der Waals surface area contributed by atoms with Crippen LogP contribution in [0.1, 0.15) is 38.7 Å². The first-order chi connectivity index (χ1) is 9.60. The van der Waals surface area contributed by atoms with Crippen molar-refractivity contribution in [1.82, 2.24) is 5.32 Å². The molecule has 2 N–H and O–H groups in total. The minimum absolute atomic E-state index is 0.0350. The Morgan fingerprint density at radius 3 is 2.75 bits per heavy atom. The van der Waals surface area contributed by atoms with Gasteiger partial charge in [0.25, 0.3) is 0 Å². The zero-order valence-corrected chi connectivity index (χ0v) is 12.1. The second kappa shape index (κ2) is 6.55. The first-order valence-electron chi connectivity index (χ1n) is 7.27. The Bertz CT molecular complexity index is 495. The molecule has 1 saturated carbocycles. The van der Waals surface area contributed by atoms with Gasteiger partial charge in [-0.05, 0) is 37.0 Å². The molecule has 0 unspecified atom stereocenters. The van der Waals surface area contributed by atoms with Gasteiger partial charge in [0.15, 0.2) is 0 Å². The molecule has 0 aromatic heterocycles. The number of nitrogens with one attached hydrogen (secondary N) is 2. The number of anilines is 1. The molecule has 4 heteroatoms. The van der Waals surface area contributed by atoms with Gasteiger partial charge in [-0.1, -0.05) is 26.0 Å². The second-order valence-corrected chi connectivity index (χ2v) is 5.49. The van der Waals surface area contributed by atoms with Crippen LogP contribution in [0, 0.1) is 11.8 Å². The molecule has 1 aliphatic carbocycles. The van der Waals surface area contributed by atoms with Gasteiger partial charge in [-0.3, -0.25) is 9.59 Å². The fourth-order valence-electron chi connectivity index (χ4n) is 1.90.